The Hall–Kier alpha value is -1.56. The lowest BCUT2D eigenvalue weighted by Crippen LogP contribution is -2.33. The van der Waals surface area contributed by atoms with E-state index in [0.717, 1.165) is 19.6 Å². The number of rotatable bonds is 5. The molecule has 3 rings (SSSR count). The fourth-order valence-electron chi connectivity index (χ4n) is 3.20. The second-order valence-corrected chi connectivity index (χ2v) is 7.23. The van der Waals surface area contributed by atoms with Gasteiger partial charge in [-0.05, 0) is 37.9 Å². The average molecular weight is 381 g/mol. The van der Waals surface area contributed by atoms with Gasteiger partial charge < -0.3 is 4.90 Å². The first-order chi connectivity index (χ1) is 12.1. The van der Waals surface area contributed by atoms with Gasteiger partial charge >= 0.3 is 0 Å². The van der Waals surface area contributed by atoms with Gasteiger partial charge in [0.1, 0.15) is 5.02 Å². The summed E-state index contributed by atoms with van der Waals surface area (Å²) in [6, 6.07) is 8.46. The van der Waals surface area contributed by atoms with Crippen LogP contribution in [-0.2, 0) is 13.2 Å². The molecule has 134 valence electrons. The maximum atomic E-state index is 12.1. The molecule has 2 heterocycles. The van der Waals surface area contributed by atoms with Gasteiger partial charge in [-0.3, -0.25) is 9.69 Å². The molecule has 1 aromatic heterocycles. The lowest BCUT2D eigenvalue weighted by molar-refractivity contribution is 0.240. The van der Waals surface area contributed by atoms with Gasteiger partial charge in [0, 0.05) is 25.3 Å². The Morgan fingerprint density at radius 1 is 1.16 bits per heavy atom. The minimum absolute atomic E-state index is 0.0128. The summed E-state index contributed by atoms with van der Waals surface area (Å²) in [6.07, 6.45) is 5.20. The molecule has 0 unspecified atom stereocenters. The molecular formula is C18H22Cl2N4O. The van der Waals surface area contributed by atoms with E-state index in [1.807, 2.05) is 11.9 Å². The van der Waals surface area contributed by atoms with Gasteiger partial charge in [0.2, 0.25) is 0 Å². The average Bonchev–Trinajstić information content (AvgIpc) is 2.63. The summed E-state index contributed by atoms with van der Waals surface area (Å²) < 4.78 is 1.33. The fourth-order valence-corrected chi connectivity index (χ4v) is 3.47. The van der Waals surface area contributed by atoms with E-state index in [4.69, 9.17) is 23.2 Å². The van der Waals surface area contributed by atoms with Crippen molar-refractivity contribution in [2.24, 2.45) is 0 Å². The summed E-state index contributed by atoms with van der Waals surface area (Å²) in [7, 11) is 1.96. The van der Waals surface area contributed by atoms with Crippen LogP contribution in [0, 0.1) is 0 Å². The van der Waals surface area contributed by atoms with E-state index in [2.05, 4.69) is 34.3 Å². The quantitative estimate of drug-likeness (QED) is 0.793. The SMILES string of the molecule is CN(Cc1ccccc1N1CCCCC1)Cn1ncc(Cl)c(Cl)c1=O. The molecular weight excluding hydrogens is 359 g/mol. The van der Waals surface area contributed by atoms with Crippen molar-refractivity contribution in [3.63, 3.8) is 0 Å². The Morgan fingerprint density at radius 3 is 2.64 bits per heavy atom. The van der Waals surface area contributed by atoms with Crippen molar-refractivity contribution in [1.29, 1.82) is 0 Å². The molecule has 7 heteroatoms. The molecule has 5 nitrogen and oxygen atoms in total. The number of hydrogen-bond donors (Lipinski definition) is 0. The number of benzene rings is 1. The van der Waals surface area contributed by atoms with E-state index in [1.54, 1.807) is 0 Å². The normalized spacial score (nSPS) is 15.0. The molecule has 0 amide bonds. The van der Waals surface area contributed by atoms with Crippen LogP contribution in [0.1, 0.15) is 24.8 Å². The van der Waals surface area contributed by atoms with Crippen LogP contribution in [0.15, 0.2) is 35.3 Å². The van der Waals surface area contributed by atoms with Crippen molar-refractivity contribution in [3.05, 3.63) is 56.4 Å². The Bertz CT molecular complexity index is 787. The standard InChI is InChI=1S/C18H22Cl2N4O/c1-22(13-24-18(25)17(20)15(19)11-21-24)12-14-7-3-4-8-16(14)23-9-5-2-6-10-23/h3-4,7-8,11H,2,5-6,9-10,12-13H2,1H3. The van der Waals surface area contributed by atoms with E-state index in [0.29, 0.717) is 6.67 Å². The van der Waals surface area contributed by atoms with E-state index in [9.17, 15) is 4.79 Å². The number of piperidine rings is 1. The van der Waals surface area contributed by atoms with Crippen LogP contribution in [0.3, 0.4) is 0 Å². The fraction of sp³-hybridized carbons (Fsp3) is 0.444. The molecule has 0 spiro atoms. The highest BCUT2D eigenvalue weighted by molar-refractivity contribution is 6.41. The molecule has 0 saturated carbocycles. The zero-order valence-electron chi connectivity index (χ0n) is 14.3. The minimum atomic E-state index is -0.370. The van der Waals surface area contributed by atoms with Crippen molar-refractivity contribution in [2.45, 2.75) is 32.5 Å². The van der Waals surface area contributed by atoms with E-state index in [1.165, 1.54) is 41.4 Å². The zero-order chi connectivity index (χ0) is 17.8. The number of para-hydroxylation sites is 1. The van der Waals surface area contributed by atoms with Crippen LogP contribution in [0.4, 0.5) is 5.69 Å². The van der Waals surface area contributed by atoms with Gasteiger partial charge in [-0.25, -0.2) is 4.68 Å². The van der Waals surface area contributed by atoms with Gasteiger partial charge in [-0.1, -0.05) is 41.4 Å². The summed E-state index contributed by atoms with van der Waals surface area (Å²) in [4.78, 5) is 16.6. The lowest BCUT2D eigenvalue weighted by Gasteiger charge is -2.31. The summed E-state index contributed by atoms with van der Waals surface area (Å²) in [5, 5.41) is 4.26. The van der Waals surface area contributed by atoms with E-state index >= 15 is 0 Å². The highest BCUT2D eigenvalue weighted by Gasteiger charge is 2.15. The van der Waals surface area contributed by atoms with Crippen LogP contribution in [-0.4, -0.2) is 34.8 Å². The minimum Gasteiger partial charge on any atom is -0.371 e. The third-order valence-electron chi connectivity index (χ3n) is 4.45. The predicted octanol–water partition coefficient (Wildman–Crippen LogP) is 3.63. The first-order valence-corrected chi connectivity index (χ1v) is 9.24. The van der Waals surface area contributed by atoms with Crippen molar-refractivity contribution < 1.29 is 0 Å². The number of anilines is 1. The van der Waals surface area contributed by atoms with Gasteiger partial charge in [0.05, 0.1) is 17.9 Å². The molecule has 1 aliphatic heterocycles. The van der Waals surface area contributed by atoms with Crippen molar-refractivity contribution in [3.8, 4) is 0 Å². The lowest BCUT2D eigenvalue weighted by atomic mass is 10.1. The Labute approximate surface area is 157 Å². The second kappa shape index (κ2) is 8.21. The topological polar surface area (TPSA) is 41.4 Å². The highest BCUT2D eigenvalue weighted by atomic mass is 35.5. The molecule has 25 heavy (non-hydrogen) atoms. The van der Waals surface area contributed by atoms with Crippen LogP contribution < -0.4 is 10.5 Å². The van der Waals surface area contributed by atoms with Gasteiger partial charge in [0.15, 0.2) is 0 Å². The molecule has 0 aliphatic carbocycles. The third-order valence-corrected chi connectivity index (χ3v) is 5.19. The largest absolute Gasteiger partial charge is 0.371 e. The van der Waals surface area contributed by atoms with Crippen LogP contribution in [0.5, 0.6) is 0 Å². The molecule has 1 saturated heterocycles. The monoisotopic (exact) mass is 380 g/mol. The van der Waals surface area contributed by atoms with Crippen molar-refractivity contribution in [2.75, 3.05) is 25.0 Å². The summed E-state index contributed by atoms with van der Waals surface area (Å²) in [6.45, 7) is 3.29. The molecule has 0 atom stereocenters. The molecule has 1 aliphatic rings. The number of halogens is 2. The van der Waals surface area contributed by atoms with Crippen molar-refractivity contribution >= 4 is 28.9 Å². The molecule has 0 N–H and O–H groups in total. The van der Waals surface area contributed by atoms with E-state index < -0.39 is 0 Å². The second-order valence-electron chi connectivity index (χ2n) is 6.44. The van der Waals surface area contributed by atoms with E-state index in [-0.39, 0.29) is 15.6 Å². The molecule has 1 aromatic carbocycles. The molecule has 1 fully saturated rings. The van der Waals surface area contributed by atoms with Gasteiger partial charge in [-0.15, -0.1) is 0 Å². The highest BCUT2D eigenvalue weighted by Crippen LogP contribution is 2.25. The van der Waals surface area contributed by atoms with Crippen LogP contribution >= 0.6 is 23.2 Å². The maximum absolute atomic E-state index is 12.1. The summed E-state index contributed by atoms with van der Waals surface area (Å²) in [5.74, 6) is 0. The summed E-state index contributed by atoms with van der Waals surface area (Å²) >= 11 is 11.8. The third kappa shape index (κ3) is 4.35. The van der Waals surface area contributed by atoms with Crippen molar-refractivity contribution in [1.82, 2.24) is 14.7 Å². The number of aromatic nitrogens is 2. The molecule has 0 bridgehead atoms. The van der Waals surface area contributed by atoms with Gasteiger partial charge in [0.25, 0.3) is 5.56 Å². The number of nitrogens with zero attached hydrogens (tertiary/aromatic N) is 4. The Kier molecular flexibility index (Phi) is 5.99. The Balaban J connectivity index is 1.74. The maximum Gasteiger partial charge on any atom is 0.288 e. The van der Waals surface area contributed by atoms with Crippen LogP contribution in [0.25, 0.3) is 0 Å². The van der Waals surface area contributed by atoms with Crippen LogP contribution in [0.2, 0.25) is 10.0 Å². The zero-order valence-corrected chi connectivity index (χ0v) is 15.8. The Morgan fingerprint density at radius 2 is 1.88 bits per heavy atom. The first kappa shape index (κ1) is 18.2. The molecule has 2 aromatic rings. The predicted molar refractivity (Wildman–Crippen MR) is 102 cm³/mol. The summed E-state index contributed by atoms with van der Waals surface area (Å²) in [5.41, 5.74) is 2.16. The van der Waals surface area contributed by atoms with Gasteiger partial charge in [-0.2, -0.15) is 5.10 Å². The molecule has 0 radical (unpaired) electrons. The number of hydrogen-bond acceptors (Lipinski definition) is 4. The smallest absolute Gasteiger partial charge is 0.288 e. The first-order valence-electron chi connectivity index (χ1n) is 8.49.